The van der Waals surface area contributed by atoms with E-state index in [-0.39, 0.29) is 17.5 Å². The molecule has 0 bridgehead atoms. The molecule has 1 unspecified atom stereocenters. The number of nitrogens with one attached hydrogen (secondary N) is 1. The first-order valence-corrected chi connectivity index (χ1v) is 7.52. The minimum absolute atomic E-state index is 0.0412. The SMILES string of the molecule is CCSCCC(C)NC(=O)c1cc(S)ccc1F. The van der Waals surface area contributed by atoms with Gasteiger partial charge in [0.2, 0.25) is 0 Å². The molecule has 0 aliphatic rings. The largest absolute Gasteiger partial charge is 0.349 e. The molecule has 0 saturated heterocycles. The van der Waals surface area contributed by atoms with Crippen molar-refractivity contribution in [3.63, 3.8) is 0 Å². The number of halogens is 1. The van der Waals surface area contributed by atoms with Gasteiger partial charge in [-0.1, -0.05) is 6.92 Å². The maximum Gasteiger partial charge on any atom is 0.254 e. The van der Waals surface area contributed by atoms with E-state index in [0.29, 0.717) is 4.90 Å². The smallest absolute Gasteiger partial charge is 0.254 e. The van der Waals surface area contributed by atoms with E-state index in [1.165, 1.54) is 18.2 Å². The number of rotatable bonds is 6. The molecule has 1 aromatic carbocycles. The first kappa shape index (κ1) is 15.4. The van der Waals surface area contributed by atoms with Crippen LogP contribution in [0.2, 0.25) is 0 Å². The van der Waals surface area contributed by atoms with Gasteiger partial charge in [0, 0.05) is 10.9 Å². The summed E-state index contributed by atoms with van der Waals surface area (Å²) in [6.07, 6.45) is 0.881. The van der Waals surface area contributed by atoms with E-state index in [0.717, 1.165) is 17.9 Å². The van der Waals surface area contributed by atoms with E-state index in [9.17, 15) is 9.18 Å². The maximum atomic E-state index is 13.5. The molecule has 0 radical (unpaired) electrons. The average molecular weight is 287 g/mol. The molecule has 1 rings (SSSR count). The van der Waals surface area contributed by atoms with Gasteiger partial charge in [0.1, 0.15) is 5.82 Å². The first-order valence-electron chi connectivity index (χ1n) is 5.91. The molecule has 0 aliphatic heterocycles. The van der Waals surface area contributed by atoms with Crippen LogP contribution in [0.5, 0.6) is 0 Å². The standard InChI is InChI=1S/C13H18FNOS2/c1-3-18-7-6-9(2)15-13(16)11-8-10(17)4-5-12(11)14/h4-5,8-9,17H,3,6-7H2,1-2H3,(H,15,16). The van der Waals surface area contributed by atoms with Gasteiger partial charge in [0.05, 0.1) is 5.56 Å². The van der Waals surface area contributed by atoms with E-state index in [4.69, 9.17) is 0 Å². The molecule has 0 heterocycles. The molecule has 2 nitrogen and oxygen atoms in total. The van der Waals surface area contributed by atoms with Crippen LogP contribution in [-0.2, 0) is 0 Å². The highest BCUT2D eigenvalue weighted by molar-refractivity contribution is 7.99. The first-order chi connectivity index (χ1) is 8.54. The number of thioether (sulfide) groups is 1. The fourth-order valence-corrected chi connectivity index (χ4v) is 2.48. The van der Waals surface area contributed by atoms with E-state index < -0.39 is 5.82 Å². The summed E-state index contributed by atoms with van der Waals surface area (Å²) >= 11 is 5.93. The Labute approximate surface area is 117 Å². The Bertz CT molecular complexity index is 412. The second kappa shape index (κ2) is 7.69. The average Bonchev–Trinajstić information content (AvgIpc) is 2.32. The van der Waals surface area contributed by atoms with Gasteiger partial charge in [-0.3, -0.25) is 4.79 Å². The van der Waals surface area contributed by atoms with E-state index in [2.05, 4.69) is 24.9 Å². The minimum Gasteiger partial charge on any atom is -0.349 e. The van der Waals surface area contributed by atoms with Gasteiger partial charge in [-0.15, -0.1) is 12.6 Å². The zero-order valence-electron chi connectivity index (χ0n) is 10.6. The van der Waals surface area contributed by atoms with Crippen LogP contribution in [0.15, 0.2) is 23.1 Å². The van der Waals surface area contributed by atoms with Crippen molar-refractivity contribution in [3.8, 4) is 0 Å². The number of amides is 1. The predicted octanol–water partition coefficient (Wildman–Crippen LogP) is 3.38. The lowest BCUT2D eigenvalue weighted by molar-refractivity contribution is 0.0935. The second-order valence-corrected chi connectivity index (χ2v) is 5.93. The summed E-state index contributed by atoms with van der Waals surface area (Å²) in [6.45, 7) is 4.03. The van der Waals surface area contributed by atoms with E-state index >= 15 is 0 Å². The molecule has 1 aromatic rings. The summed E-state index contributed by atoms with van der Waals surface area (Å²) in [7, 11) is 0. The molecule has 18 heavy (non-hydrogen) atoms. The van der Waals surface area contributed by atoms with Gasteiger partial charge in [0.25, 0.3) is 5.91 Å². The van der Waals surface area contributed by atoms with Crippen LogP contribution >= 0.6 is 24.4 Å². The molecular weight excluding hydrogens is 269 g/mol. The third-order valence-corrected chi connectivity index (χ3v) is 3.68. The van der Waals surface area contributed by atoms with Crippen molar-refractivity contribution >= 4 is 30.3 Å². The summed E-state index contributed by atoms with van der Waals surface area (Å²) in [4.78, 5) is 12.4. The fourth-order valence-electron chi connectivity index (χ4n) is 1.47. The lowest BCUT2D eigenvalue weighted by Crippen LogP contribution is -2.33. The van der Waals surface area contributed by atoms with Crippen LogP contribution in [0.1, 0.15) is 30.6 Å². The fraction of sp³-hybridized carbons (Fsp3) is 0.462. The van der Waals surface area contributed by atoms with Crippen LogP contribution in [0.4, 0.5) is 4.39 Å². The minimum atomic E-state index is -0.513. The van der Waals surface area contributed by atoms with Crippen molar-refractivity contribution < 1.29 is 9.18 Å². The highest BCUT2D eigenvalue weighted by Gasteiger charge is 2.14. The molecule has 1 amide bonds. The molecule has 0 aliphatic carbocycles. The Morgan fingerprint density at radius 3 is 2.94 bits per heavy atom. The van der Waals surface area contributed by atoms with Gasteiger partial charge in [0.15, 0.2) is 0 Å². The number of thiol groups is 1. The summed E-state index contributed by atoms with van der Waals surface area (Å²) in [5.74, 6) is 1.17. The summed E-state index contributed by atoms with van der Waals surface area (Å²) < 4.78 is 13.5. The van der Waals surface area contributed by atoms with Crippen LogP contribution < -0.4 is 5.32 Å². The number of hydrogen-bond acceptors (Lipinski definition) is 3. The lowest BCUT2D eigenvalue weighted by atomic mass is 10.1. The summed E-state index contributed by atoms with van der Waals surface area (Å²) in [5, 5.41) is 2.80. The molecule has 0 aromatic heterocycles. The molecule has 0 spiro atoms. The van der Waals surface area contributed by atoms with Crippen molar-refractivity contribution in [1.29, 1.82) is 0 Å². The summed E-state index contributed by atoms with van der Waals surface area (Å²) in [6, 6.07) is 4.27. The highest BCUT2D eigenvalue weighted by Crippen LogP contribution is 2.14. The van der Waals surface area contributed by atoms with Crippen molar-refractivity contribution in [1.82, 2.24) is 5.32 Å². The topological polar surface area (TPSA) is 29.1 Å². The maximum absolute atomic E-state index is 13.5. The van der Waals surface area contributed by atoms with Gasteiger partial charge in [-0.25, -0.2) is 4.39 Å². The predicted molar refractivity (Wildman–Crippen MR) is 78.2 cm³/mol. The Morgan fingerprint density at radius 1 is 1.56 bits per heavy atom. The zero-order chi connectivity index (χ0) is 13.5. The van der Waals surface area contributed by atoms with Gasteiger partial charge >= 0.3 is 0 Å². The van der Waals surface area contributed by atoms with E-state index in [1.807, 2.05) is 18.7 Å². The Balaban J connectivity index is 2.56. The second-order valence-electron chi connectivity index (χ2n) is 4.02. The lowest BCUT2D eigenvalue weighted by Gasteiger charge is -2.14. The molecule has 0 fully saturated rings. The van der Waals surface area contributed by atoms with Crippen LogP contribution in [0, 0.1) is 5.82 Å². The molecule has 1 N–H and O–H groups in total. The van der Waals surface area contributed by atoms with Crippen molar-refractivity contribution in [2.75, 3.05) is 11.5 Å². The number of hydrogen-bond donors (Lipinski definition) is 2. The van der Waals surface area contributed by atoms with Crippen LogP contribution in [0.3, 0.4) is 0 Å². The van der Waals surface area contributed by atoms with Gasteiger partial charge in [-0.05, 0) is 43.0 Å². The molecule has 5 heteroatoms. The monoisotopic (exact) mass is 287 g/mol. The third-order valence-electron chi connectivity index (χ3n) is 2.47. The quantitative estimate of drug-likeness (QED) is 0.620. The van der Waals surface area contributed by atoms with Crippen LogP contribution in [-0.4, -0.2) is 23.5 Å². The van der Waals surface area contributed by atoms with Gasteiger partial charge in [-0.2, -0.15) is 11.8 Å². The molecule has 1 atom stereocenters. The zero-order valence-corrected chi connectivity index (χ0v) is 12.3. The highest BCUT2D eigenvalue weighted by atomic mass is 32.2. The van der Waals surface area contributed by atoms with Crippen molar-refractivity contribution in [2.45, 2.75) is 31.2 Å². The van der Waals surface area contributed by atoms with Gasteiger partial charge < -0.3 is 5.32 Å². The van der Waals surface area contributed by atoms with Crippen molar-refractivity contribution in [3.05, 3.63) is 29.6 Å². The molecule has 100 valence electrons. The molecule has 0 saturated carbocycles. The number of carbonyl (C=O) groups excluding carboxylic acids is 1. The Morgan fingerprint density at radius 2 is 2.28 bits per heavy atom. The Kier molecular flexibility index (Phi) is 6.57. The van der Waals surface area contributed by atoms with Crippen LogP contribution in [0.25, 0.3) is 0 Å². The molecular formula is C13H18FNOS2. The van der Waals surface area contributed by atoms with E-state index in [1.54, 1.807) is 0 Å². The van der Waals surface area contributed by atoms with Crippen molar-refractivity contribution in [2.24, 2.45) is 0 Å². The normalized spacial score (nSPS) is 12.2. The number of carbonyl (C=O) groups is 1. The number of benzene rings is 1. The summed E-state index contributed by atoms with van der Waals surface area (Å²) in [5.41, 5.74) is 0.0532. The third kappa shape index (κ3) is 4.90. The Hall–Kier alpha value is -0.680.